The van der Waals surface area contributed by atoms with Gasteiger partial charge < -0.3 is 14.8 Å². The van der Waals surface area contributed by atoms with Gasteiger partial charge in [0.2, 0.25) is 11.0 Å². The Labute approximate surface area is 138 Å². The molecule has 0 aromatic carbocycles. The highest BCUT2D eigenvalue weighted by molar-refractivity contribution is 8.14. The standard InChI is InChI=1S/C13H17NO7S2/c1-2-10(16)22-4-3-14-9(15)6-19-11-7-5-8-12(20-7)13(11)21-23(8,17)18/h2,7-8,11-13H,1,3-6H2,(H,14,15). The van der Waals surface area contributed by atoms with Crippen LogP contribution in [-0.4, -0.2) is 68.0 Å². The largest absolute Gasteiger partial charge is 0.368 e. The van der Waals surface area contributed by atoms with Crippen molar-refractivity contribution in [2.45, 2.75) is 36.1 Å². The number of rotatable bonds is 7. The topological polar surface area (TPSA) is 108 Å². The Morgan fingerprint density at radius 2 is 2.17 bits per heavy atom. The van der Waals surface area contributed by atoms with E-state index in [1.165, 1.54) is 6.08 Å². The zero-order valence-electron chi connectivity index (χ0n) is 12.2. The summed E-state index contributed by atoms with van der Waals surface area (Å²) in [4.78, 5) is 22.7. The number of hydrogen-bond donors (Lipinski definition) is 1. The molecule has 0 aromatic heterocycles. The van der Waals surface area contributed by atoms with Crippen LogP contribution in [-0.2, 0) is 33.4 Å². The highest BCUT2D eigenvalue weighted by Crippen LogP contribution is 2.47. The van der Waals surface area contributed by atoms with Gasteiger partial charge in [-0.1, -0.05) is 18.3 Å². The monoisotopic (exact) mass is 363 g/mol. The minimum atomic E-state index is -3.58. The summed E-state index contributed by atoms with van der Waals surface area (Å²) >= 11 is 1.06. The van der Waals surface area contributed by atoms with Crippen LogP contribution in [0.5, 0.6) is 0 Å². The normalized spacial score (nSPS) is 36.1. The number of hydrogen-bond acceptors (Lipinski definition) is 8. The molecule has 3 heterocycles. The molecule has 2 bridgehead atoms. The maximum Gasteiger partial charge on any atom is 0.273 e. The lowest BCUT2D eigenvalue weighted by molar-refractivity contribution is -0.130. The first-order valence-corrected chi connectivity index (χ1v) is 9.63. The van der Waals surface area contributed by atoms with E-state index in [0.29, 0.717) is 18.7 Å². The Morgan fingerprint density at radius 3 is 2.91 bits per heavy atom. The van der Waals surface area contributed by atoms with Gasteiger partial charge in [0, 0.05) is 12.3 Å². The van der Waals surface area contributed by atoms with Crippen molar-refractivity contribution in [1.29, 1.82) is 0 Å². The molecule has 3 saturated heterocycles. The fraction of sp³-hybridized carbons (Fsp3) is 0.692. The van der Waals surface area contributed by atoms with Crippen LogP contribution < -0.4 is 5.32 Å². The van der Waals surface area contributed by atoms with E-state index in [1.54, 1.807) is 0 Å². The van der Waals surface area contributed by atoms with Gasteiger partial charge in [0.1, 0.15) is 30.2 Å². The van der Waals surface area contributed by atoms with Crippen molar-refractivity contribution in [2.24, 2.45) is 0 Å². The lowest BCUT2D eigenvalue weighted by atomic mass is 9.94. The molecule has 8 nitrogen and oxygen atoms in total. The molecule has 3 aliphatic heterocycles. The van der Waals surface area contributed by atoms with Crippen LogP contribution in [0.25, 0.3) is 0 Å². The molecule has 0 aromatic rings. The van der Waals surface area contributed by atoms with Gasteiger partial charge in [-0.15, -0.1) is 0 Å². The first-order chi connectivity index (χ1) is 10.9. The van der Waals surface area contributed by atoms with Crippen LogP contribution in [0.2, 0.25) is 0 Å². The summed E-state index contributed by atoms with van der Waals surface area (Å²) in [7, 11) is -3.58. The molecule has 0 radical (unpaired) electrons. The summed E-state index contributed by atoms with van der Waals surface area (Å²) < 4.78 is 39.6. The molecule has 5 atom stereocenters. The Kier molecular flexibility index (Phi) is 4.79. The predicted molar refractivity (Wildman–Crippen MR) is 81.3 cm³/mol. The fourth-order valence-corrected chi connectivity index (χ4v) is 5.22. The SMILES string of the molecule is C=CC(=O)SCCNC(=O)COC1C2CC3C(O2)C1OS3(=O)=O. The Hall–Kier alpha value is -0.940. The highest BCUT2D eigenvalue weighted by Gasteiger charge is 2.66. The minimum Gasteiger partial charge on any atom is -0.368 e. The van der Waals surface area contributed by atoms with Crippen molar-refractivity contribution in [3.63, 3.8) is 0 Å². The van der Waals surface area contributed by atoms with Gasteiger partial charge in [-0.25, -0.2) is 0 Å². The zero-order chi connectivity index (χ0) is 16.6. The molecule has 3 rings (SSSR count). The van der Waals surface area contributed by atoms with E-state index >= 15 is 0 Å². The molecule has 1 N–H and O–H groups in total. The number of nitrogens with one attached hydrogen (secondary N) is 1. The zero-order valence-corrected chi connectivity index (χ0v) is 13.8. The smallest absolute Gasteiger partial charge is 0.273 e. The van der Waals surface area contributed by atoms with Gasteiger partial charge in [-0.3, -0.25) is 13.8 Å². The van der Waals surface area contributed by atoms with Gasteiger partial charge in [-0.2, -0.15) is 8.42 Å². The second kappa shape index (κ2) is 6.52. The fourth-order valence-electron chi connectivity index (χ4n) is 3.05. The quantitative estimate of drug-likeness (QED) is 0.356. The third kappa shape index (κ3) is 3.31. The van der Waals surface area contributed by atoms with Gasteiger partial charge >= 0.3 is 0 Å². The third-order valence-corrected chi connectivity index (χ3v) is 6.59. The number of thioether (sulfide) groups is 1. The van der Waals surface area contributed by atoms with Crippen molar-refractivity contribution >= 4 is 32.9 Å². The maximum absolute atomic E-state index is 11.7. The van der Waals surface area contributed by atoms with Gasteiger partial charge in [0.05, 0.1) is 6.10 Å². The van der Waals surface area contributed by atoms with Gasteiger partial charge in [0.25, 0.3) is 10.1 Å². The Balaban J connectivity index is 1.41. The predicted octanol–water partition coefficient (Wildman–Crippen LogP) is -0.798. The maximum atomic E-state index is 11.7. The number of carbonyl (C=O) groups is 2. The van der Waals surface area contributed by atoms with Crippen molar-refractivity contribution < 1.29 is 31.7 Å². The summed E-state index contributed by atoms with van der Waals surface area (Å²) in [6.07, 6.45) is -0.475. The van der Waals surface area contributed by atoms with Crippen molar-refractivity contribution in [3.05, 3.63) is 12.7 Å². The summed E-state index contributed by atoms with van der Waals surface area (Å²) in [5.74, 6) is 0.108. The molecular formula is C13H17NO7S2. The van der Waals surface area contributed by atoms with Crippen LogP contribution >= 0.6 is 11.8 Å². The molecule has 0 aliphatic carbocycles. The van der Waals surface area contributed by atoms with Gasteiger partial charge in [-0.05, 0) is 12.5 Å². The van der Waals surface area contributed by atoms with E-state index in [9.17, 15) is 18.0 Å². The Morgan fingerprint density at radius 1 is 1.39 bits per heavy atom. The van der Waals surface area contributed by atoms with Gasteiger partial charge in [0.15, 0.2) is 0 Å². The Bertz CT molecular complexity index is 620. The van der Waals surface area contributed by atoms with Crippen molar-refractivity contribution in [1.82, 2.24) is 5.32 Å². The molecule has 0 spiro atoms. The van der Waals surface area contributed by atoms with E-state index in [-0.39, 0.29) is 23.7 Å². The summed E-state index contributed by atoms with van der Waals surface area (Å²) in [6, 6.07) is 0. The summed E-state index contributed by atoms with van der Waals surface area (Å²) in [5.41, 5.74) is 0. The number of ether oxygens (including phenoxy) is 2. The van der Waals surface area contributed by atoms with E-state index < -0.39 is 33.7 Å². The molecule has 128 valence electrons. The molecule has 5 unspecified atom stereocenters. The average molecular weight is 363 g/mol. The number of carbonyl (C=O) groups excluding carboxylic acids is 2. The minimum absolute atomic E-state index is 0.149. The second-order valence-electron chi connectivity index (χ2n) is 5.46. The molecular weight excluding hydrogens is 346 g/mol. The van der Waals surface area contributed by atoms with Crippen LogP contribution in [0.1, 0.15) is 6.42 Å². The lowest BCUT2D eigenvalue weighted by Gasteiger charge is -2.21. The molecule has 10 heteroatoms. The van der Waals surface area contributed by atoms with Crippen LogP contribution in [0.4, 0.5) is 0 Å². The first-order valence-electron chi connectivity index (χ1n) is 7.17. The molecule has 0 saturated carbocycles. The molecule has 1 amide bonds. The average Bonchev–Trinajstić information content (AvgIpc) is 3.12. The van der Waals surface area contributed by atoms with E-state index in [4.69, 9.17) is 13.7 Å². The first kappa shape index (κ1) is 16.9. The van der Waals surface area contributed by atoms with Crippen LogP contribution in [0, 0.1) is 0 Å². The van der Waals surface area contributed by atoms with Crippen molar-refractivity contribution in [2.75, 3.05) is 18.9 Å². The summed E-state index contributed by atoms with van der Waals surface area (Å²) in [6.45, 7) is 3.47. The van der Waals surface area contributed by atoms with E-state index in [2.05, 4.69) is 11.9 Å². The van der Waals surface area contributed by atoms with E-state index in [0.717, 1.165) is 11.8 Å². The molecule has 3 fully saturated rings. The number of amides is 1. The van der Waals surface area contributed by atoms with Crippen molar-refractivity contribution in [3.8, 4) is 0 Å². The van der Waals surface area contributed by atoms with Crippen LogP contribution in [0.15, 0.2) is 12.7 Å². The number of fused-ring (bicyclic) bond motifs is 1. The van der Waals surface area contributed by atoms with E-state index in [1.807, 2.05) is 0 Å². The lowest BCUT2D eigenvalue weighted by Crippen LogP contribution is -2.42. The molecule has 23 heavy (non-hydrogen) atoms. The summed E-state index contributed by atoms with van der Waals surface area (Å²) in [5, 5.41) is 1.86. The van der Waals surface area contributed by atoms with Crippen LogP contribution in [0.3, 0.4) is 0 Å². The second-order valence-corrected chi connectivity index (χ2v) is 8.35. The highest BCUT2D eigenvalue weighted by atomic mass is 32.2. The molecule has 3 aliphatic rings. The third-order valence-electron chi connectivity index (χ3n) is 4.04.